The highest BCUT2D eigenvalue weighted by molar-refractivity contribution is 5.68. The first-order valence-corrected chi connectivity index (χ1v) is 8.93. The first-order valence-electron chi connectivity index (χ1n) is 8.93. The minimum Gasteiger partial charge on any atom is -0.481 e. The predicted octanol–water partition coefficient (Wildman–Crippen LogP) is 0.476. The summed E-state index contributed by atoms with van der Waals surface area (Å²) < 4.78 is 0. The van der Waals surface area contributed by atoms with E-state index in [1.807, 2.05) is 39.7 Å². The van der Waals surface area contributed by atoms with Crippen molar-refractivity contribution in [1.82, 2.24) is 29.4 Å². The van der Waals surface area contributed by atoms with Gasteiger partial charge in [0.25, 0.3) is 0 Å². The second-order valence-electron chi connectivity index (χ2n) is 7.90. The fraction of sp³-hybridized carbons (Fsp3) is 0.611. The second kappa shape index (κ2) is 7.39. The van der Waals surface area contributed by atoms with Gasteiger partial charge >= 0.3 is 5.97 Å². The van der Waals surface area contributed by atoms with Crippen molar-refractivity contribution in [2.75, 3.05) is 60.8 Å². The molecule has 0 amide bonds. The van der Waals surface area contributed by atoms with Crippen molar-refractivity contribution in [3.05, 3.63) is 37.2 Å². The molecule has 0 saturated heterocycles. The highest BCUT2D eigenvalue weighted by atomic mass is 16.4. The van der Waals surface area contributed by atoms with Crippen molar-refractivity contribution < 1.29 is 9.90 Å². The van der Waals surface area contributed by atoms with E-state index < -0.39 is 5.97 Å². The lowest BCUT2D eigenvalue weighted by Crippen LogP contribution is -2.51. The van der Waals surface area contributed by atoms with E-state index in [4.69, 9.17) is 0 Å². The van der Waals surface area contributed by atoms with Crippen molar-refractivity contribution in [2.45, 2.75) is 6.42 Å². The number of hydrogen-bond acceptors (Lipinski definition) is 7. The highest BCUT2D eigenvalue weighted by Gasteiger charge is 2.39. The average molecular weight is 362 g/mol. The largest absolute Gasteiger partial charge is 0.481 e. The van der Waals surface area contributed by atoms with Gasteiger partial charge in [0.15, 0.2) is 0 Å². The van der Waals surface area contributed by atoms with E-state index >= 15 is 0 Å². The standard InChI is InChI=1S/C18H30N6O2/c1-19-4-7-22(14-19)11-18(10-17(25)26,12-23-8-5-20(2)15-23)13-24-9-6-21(3)16-24/h4-9H,10-16H2,1-3H3,(H,25,26). The Hall–Kier alpha value is -2.51. The lowest BCUT2D eigenvalue weighted by atomic mass is 9.82. The second-order valence-corrected chi connectivity index (χ2v) is 7.90. The minimum atomic E-state index is -0.741. The number of rotatable bonds is 8. The summed E-state index contributed by atoms with van der Waals surface area (Å²) in [6.45, 7) is 4.53. The van der Waals surface area contributed by atoms with Crippen LogP contribution in [0, 0.1) is 5.41 Å². The third-order valence-corrected chi connectivity index (χ3v) is 4.95. The van der Waals surface area contributed by atoms with Crippen LogP contribution in [0.1, 0.15) is 6.42 Å². The van der Waals surface area contributed by atoms with Gasteiger partial charge in [-0.25, -0.2) is 0 Å². The molecule has 8 nitrogen and oxygen atoms in total. The molecule has 3 aliphatic heterocycles. The Kier molecular flexibility index (Phi) is 5.20. The molecule has 0 spiro atoms. The molecule has 0 bridgehead atoms. The molecule has 3 rings (SSSR count). The number of carbonyl (C=O) groups is 1. The molecule has 1 N–H and O–H groups in total. The van der Waals surface area contributed by atoms with Crippen molar-refractivity contribution in [3.8, 4) is 0 Å². The van der Waals surface area contributed by atoms with Gasteiger partial charge in [0.1, 0.15) is 0 Å². The lowest BCUT2D eigenvalue weighted by Gasteiger charge is -2.41. The van der Waals surface area contributed by atoms with Gasteiger partial charge in [0.2, 0.25) is 0 Å². The summed E-state index contributed by atoms with van der Waals surface area (Å²) in [7, 11) is 6.10. The minimum absolute atomic E-state index is 0.142. The van der Waals surface area contributed by atoms with Crippen molar-refractivity contribution >= 4 is 5.97 Å². The Morgan fingerprint density at radius 1 is 0.769 bits per heavy atom. The van der Waals surface area contributed by atoms with Crippen LogP contribution in [0.3, 0.4) is 0 Å². The van der Waals surface area contributed by atoms with E-state index in [2.05, 4.69) is 48.0 Å². The molecular formula is C18H30N6O2. The summed E-state index contributed by atoms with van der Waals surface area (Å²) in [6, 6.07) is 0. The molecule has 0 aromatic heterocycles. The first kappa shape index (κ1) is 18.3. The summed E-state index contributed by atoms with van der Waals surface area (Å²) in [5.41, 5.74) is -0.383. The molecule has 0 atom stereocenters. The zero-order valence-electron chi connectivity index (χ0n) is 16.0. The van der Waals surface area contributed by atoms with Crippen LogP contribution in [0.5, 0.6) is 0 Å². The van der Waals surface area contributed by atoms with Crippen LogP contribution < -0.4 is 0 Å². The number of hydrogen-bond donors (Lipinski definition) is 1. The van der Waals surface area contributed by atoms with Gasteiger partial charge < -0.3 is 34.5 Å². The van der Waals surface area contributed by atoms with Gasteiger partial charge in [0.05, 0.1) is 26.4 Å². The first-order chi connectivity index (χ1) is 12.3. The van der Waals surface area contributed by atoms with Crippen molar-refractivity contribution in [3.63, 3.8) is 0 Å². The Morgan fingerprint density at radius 2 is 1.12 bits per heavy atom. The summed E-state index contributed by atoms with van der Waals surface area (Å²) in [4.78, 5) is 24.8. The average Bonchev–Trinajstić information content (AvgIpc) is 3.22. The van der Waals surface area contributed by atoms with E-state index in [1.165, 1.54) is 0 Å². The SMILES string of the molecule is CN1C=CN(CC(CC(=O)O)(CN2C=CN(C)C2)CN2C=CN(C)C2)C1. The lowest BCUT2D eigenvalue weighted by molar-refractivity contribution is -0.140. The molecule has 0 fully saturated rings. The zero-order chi connectivity index (χ0) is 18.7. The quantitative estimate of drug-likeness (QED) is 0.669. The molecule has 3 heterocycles. The molecular weight excluding hydrogens is 332 g/mol. The van der Waals surface area contributed by atoms with Crippen LogP contribution in [-0.2, 0) is 4.79 Å². The van der Waals surface area contributed by atoms with Crippen LogP contribution in [0.4, 0.5) is 0 Å². The van der Waals surface area contributed by atoms with Crippen LogP contribution in [0.2, 0.25) is 0 Å². The molecule has 0 unspecified atom stereocenters. The van der Waals surface area contributed by atoms with Gasteiger partial charge in [-0.1, -0.05) is 0 Å². The van der Waals surface area contributed by atoms with Crippen LogP contribution in [0.15, 0.2) is 37.2 Å². The predicted molar refractivity (Wildman–Crippen MR) is 100 cm³/mol. The Bertz CT molecular complexity index is 535. The van der Waals surface area contributed by atoms with Gasteiger partial charge in [-0.2, -0.15) is 0 Å². The normalized spacial score (nSPS) is 19.7. The summed E-state index contributed by atoms with van der Waals surface area (Å²) in [5, 5.41) is 9.69. The molecule has 8 heteroatoms. The van der Waals surface area contributed by atoms with E-state index in [0.717, 1.165) is 20.0 Å². The number of carboxylic acids is 1. The molecule has 0 aromatic rings. The smallest absolute Gasteiger partial charge is 0.304 e. The third kappa shape index (κ3) is 4.56. The Morgan fingerprint density at radius 3 is 1.35 bits per heavy atom. The van der Waals surface area contributed by atoms with E-state index in [-0.39, 0.29) is 11.8 Å². The zero-order valence-corrected chi connectivity index (χ0v) is 16.0. The van der Waals surface area contributed by atoms with Crippen LogP contribution in [0.25, 0.3) is 0 Å². The fourth-order valence-corrected chi connectivity index (χ4v) is 4.01. The van der Waals surface area contributed by atoms with Gasteiger partial charge in [-0.05, 0) is 0 Å². The van der Waals surface area contributed by atoms with E-state index in [9.17, 15) is 9.90 Å². The molecule has 3 aliphatic rings. The van der Waals surface area contributed by atoms with E-state index in [0.29, 0.717) is 19.6 Å². The Labute approximate surface area is 155 Å². The topological polar surface area (TPSA) is 56.7 Å². The Balaban J connectivity index is 1.79. The number of nitrogens with zero attached hydrogens (tertiary/aromatic N) is 6. The fourth-order valence-electron chi connectivity index (χ4n) is 4.01. The van der Waals surface area contributed by atoms with Crippen molar-refractivity contribution in [1.29, 1.82) is 0 Å². The van der Waals surface area contributed by atoms with Crippen molar-refractivity contribution in [2.24, 2.45) is 5.41 Å². The number of carboxylic acid groups (broad SMARTS) is 1. The van der Waals surface area contributed by atoms with Gasteiger partial charge in [0, 0.05) is 83.4 Å². The summed E-state index contributed by atoms with van der Waals surface area (Å²) in [6.07, 6.45) is 12.5. The van der Waals surface area contributed by atoms with E-state index in [1.54, 1.807) is 0 Å². The molecule has 0 saturated carbocycles. The molecule has 0 aromatic carbocycles. The monoisotopic (exact) mass is 362 g/mol. The molecule has 0 aliphatic carbocycles. The van der Waals surface area contributed by atoms with Crippen LogP contribution >= 0.6 is 0 Å². The summed E-state index contributed by atoms with van der Waals surface area (Å²) >= 11 is 0. The molecule has 144 valence electrons. The van der Waals surface area contributed by atoms with Crippen LogP contribution in [-0.4, -0.2) is 101 Å². The highest BCUT2D eigenvalue weighted by Crippen LogP contribution is 2.30. The summed E-state index contributed by atoms with van der Waals surface area (Å²) in [5.74, 6) is -0.741. The number of aliphatic carboxylic acids is 1. The van der Waals surface area contributed by atoms with Gasteiger partial charge in [-0.15, -0.1) is 0 Å². The van der Waals surface area contributed by atoms with Gasteiger partial charge in [-0.3, -0.25) is 4.79 Å². The third-order valence-electron chi connectivity index (χ3n) is 4.95. The molecule has 26 heavy (non-hydrogen) atoms. The maximum absolute atomic E-state index is 11.8. The molecule has 0 radical (unpaired) electrons. The maximum Gasteiger partial charge on any atom is 0.304 e. The maximum atomic E-state index is 11.8.